The van der Waals surface area contributed by atoms with E-state index in [1.54, 1.807) is 0 Å². The number of benzene rings is 2. The van der Waals surface area contributed by atoms with Gasteiger partial charge >= 0.3 is 12.4 Å². The first-order valence-electron chi connectivity index (χ1n) is 6.67. The maximum absolute atomic E-state index is 13.7. The van der Waals surface area contributed by atoms with Gasteiger partial charge in [0.05, 0.1) is 11.1 Å². The van der Waals surface area contributed by atoms with Crippen molar-refractivity contribution in [3.05, 3.63) is 64.2 Å². The van der Waals surface area contributed by atoms with Gasteiger partial charge in [0.1, 0.15) is 11.3 Å². The molecule has 0 aliphatic carbocycles. The zero-order valence-corrected chi connectivity index (χ0v) is 12.5. The van der Waals surface area contributed by atoms with Gasteiger partial charge in [0.2, 0.25) is 0 Å². The highest BCUT2D eigenvalue weighted by molar-refractivity contribution is 6.05. The molecule has 2 aromatic carbocycles. The molecule has 2 aromatic rings. The molecule has 0 aromatic heterocycles. The maximum Gasteiger partial charge on any atom is 0.422 e. The van der Waals surface area contributed by atoms with Crippen LogP contribution in [0.2, 0.25) is 0 Å². The van der Waals surface area contributed by atoms with E-state index in [0.29, 0.717) is 12.1 Å². The van der Waals surface area contributed by atoms with E-state index < -0.39 is 63.9 Å². The number of carbonyl (C=O) groups is 1. The molecule has 0 aliphatic heterocycles. The monoisotopic (exact) mass is 405 g/mol. The number of hydrogen-bond donors (Lipinski definition) is 1. The molecule has 0 aliphatic rings. The minimum Gasteiger partial charge on any atom is -0.317 e. The predicted molar refractivity (Wildman–Crippen MR) is 70.7 cm³/mol. The summed E-state index contributed by atoms with van der Waals surface area (Å²) in [5, 5.41) is 1.13. The fraction of sp³-hybridized carbons (Fsp3) is 0.133. The van der Waals surface area contributed by atoms with Crippen LogP contribution in [0.3, 0.4) is 0 Å². The van der Waals surface area contributed by atoms with E-state index in [4.69, 9.17) is 0 Å². The third-order valence-corrected chi connectivity index (χ3v) is 3.26. The summed E-state index contributed by atoms with van der Waals surface area (Å²) in [6, 6.07) is 2.86. The topological polar surface area (TPSA) is 29.1 Å². The van der Waals surface area contributed by atoms with Crippen molar-refractivity contribution in [1.29, 1.82) is 0 Å². The Morgan fingerprint density at radius 2 is 1.22 bits per heavy atom. The molecule has 12 heteroatoms. The van der Waals surface area contributed by atoms with Crippen molar-refractivity contribution in [3.8, 4) is 0 Å². The summed E-state index contributed by atoms with van der Waals surface area (Å²) in [5.41, 5.74) is -7.60. The van der Waals surface area contributed by atoms with Crippen molar-refractivity contribution in [2.75, 3.05) is 5.32 Å². The van der Waals surface area contributed by atoms with Gasteiger partial charge in [0.25, 0.3) is 5.91 Å². The summed E-state index contributed by atoms with van der Waals surface area (Å²) in [7, 11) is 0. The lowest BCUT2D eigenvalue weighted by molar-refractivity contribution is -0.143. The van der Waals surface area contributed by atoms with Crippen LogP contribution >= 0.6 is 0 Å². The quantitative estimate of drug-likeness (QED) is 0.517. The van der Waals surface area contributed by atoms with Gasteiger partial charge in [-0.25, -0.2) is 17.6 Å². The summed E-state index contributed by atoms with van der Waals surface area (Å²) in [4.78, 5) is 11.9. The van der Waals surface area contributed by atoms with Crippen LogP contribution in [0, 0.1) is 23.3 Å². The van der Waals surface area contributed by atoms with E-state index in [0.717, 1.165) is 17.4 Å². The average molecular weight is 405 g/mol. The van der Waals surface area contributed by atoms with Crippen molar-refractivity contribution in [2.45, 2.75) is 12.4 Å². The van der Waals surface area contributed by atoms with E-state index in [1.807, 2.05) is 0 Å². The highest BCUT2D eigenvalue weighted by Crippen LogP contribution is 2.39. The van der Waals surface area contributed by atoms with Gasteiger partial charge in [-0.2, -0.15) is 26.3 Å². The number of carbonyl (C=O) groups excluding carboxylic acids is 1. The third-order valence-electron chi connectivity index (χ3n) is 3.26. The van der Waals surface area contributed by atoms with Crippen LogP contribution in [0.4, 0.5) is 49.6 Å². The number of halogens is 10. The maximum atomic E-state index is 13.7. The Morgan fingerprint density at radius 1 is 0.741 bits per heavy atom. The first-order valence-corrected chi connectivity index (χ1v) is 6.67. The third kappa shape index (κ3) is 3.83. The molecule has 2 nitrogen and oxygen atoms in total. The van der Waals surface area contributed by atoms with Crippen LogP contribution < -0.4 is 5.32 Å². The number of hydrogen-bond acceptors (Lipinski definition) is 1. The average Bonchev–Trinajstić information content (AvgIpc) is 2.55. The van der Waals surface area contributed by atoms with E-state index in [2.05, 4.69) is 0 Å². The molecule has 0 saturated carbocycles. The van der Waals surface area contributed by atoms with E-state index in [1.165, 1.54) is 0 Å². The fourth-order valence-corrected chi connectivity index (χ4v) is 2.10. The second-order valence-electron chi connectivity index (χ2n) is 5.00. The molecule has 0 saturated heterocycles. The molecule has 27 heavy (non-hydrogen) atoms. The van der Waals surface area contributed by atoms with Crippen molar-refractivity contribution in [3.63, 3.8) is 0 Å². The van der Waals surface area contributed by atoms with Crippen molar-refractivity contribution in [2.24, 2.45) is 0 Å². The number of nitrogens with one attached hydrogen (secondary N) is 1. The van der Waals surface area contributed by atoms with Gasteiger partial charge in [-0.15, -0.1) is 0 Å². The first kappa shape index (κ1) is 20.5. The van der Waals surface area contributed by atoms with Gasteiger partial charge < -0.3 is 5.32 Å². The van der Waals surface area contributed by atoms with Crippen molar-refractivity contribution < 1.29 is 48.7 Å². The SMILES string of the molecule is O=C(Nc1c(F)c(F)c(C(F)(F)F)c(F)c1F)c1ccccc1C(F)(F)F. The number of amides is 1. The lowest BCUT2D eigenvalue weighted by Gasteiger charge is -2.16. The molecule has 0 bridgehead atoms. The minimum atomic E-state index is -5.80. The molecule has 0 radical (unpaired) electrons. The van der Waals surface area contributed by atoms with E-state index in [9.17, 15) is 48.7 Å². The van der Waals surface area contributed by atoms with Crippen LogP contribution in [-0.2, 0) is 12.4 Å². The van der Waals surface area contributed by atoms with Gasteiger partial charge in [0.15, 0.2) is 23.3 Å². The van der Waals surface area contributed by atoms with Gasteiger partial charge in [0, 0.05) is 0 Å². The van der Waals surface area contributed by atoms with Crippen LogP contribution in [-0.4, -0.2) is 5.91 Å². The van der Waals surface area contributed by atoms with Crippen LogP contribution in [0.15, 0.2) is 24.3 Å². The normalized spacial score (nSPS) is 12.2. The molecule has 146 valence electrons. The summed E-state index contributed by atoms with van der Waals surface area (Å²) < 4.78 is 130. The van der Waals surface area contributed by atoms with E-state index >= 15 is 0 Å². The fourth-order valence-electron chi connectivity index (χ4n) is 2.10. The highest BCUT2D eigenvalue weighted by atomic mass is 19.4. The Bertz CT molecular complexity index is 872. The molecule has 0 fully saturated rings. The Kier molecular flexibility index (Phi) is 5.12. The largest absolute Gasteiger partial charge is 0.422 e. The zero-order chi connectivity index (χ0) is 20.7. The molecule has 2 rings (SSSR count). The molecule has 0 heterocycles. The Morgan fingerprint density at radius 3 is 1.67 bits per heavy atom. The standard InChI is InChI=1S/C15H5F10NO/c16-8-7(15(23,24)25)9(17)11(19)12(10(8)18)26-13(27)5-3-1-2-4-6(5)14(20,21)22/h1-4H,(H,26,27). The van der Waals surface area contributed by atoms with Gasteiger partial charge in [-0.1, -0.05) is 12.1 Å². The summed E-state index contributed by atoms with van der Waals surface area (Å²) in [6.07, 6.45) is -10.9. The minimum absolute atomic E-state index is 0.440. The lowest BCUT2D eigenvalue weighted by atomic mass is 10.1. The number of anilines is 1. The molecule has 1 N–H and O–H groups in total. The summed E-state index contributed by atoms with van der Waals surface area (Å²) >= 11 is 0. The van der Waals surface area contributed by atoms with Crippen LogP contribution in [0.25, 0.3) is 0 Å². The van der Waals surface area contributed by atoms with E-state index in [-0.39, 0.29) is 0 Å². The summed E-state index contributed by atoms with van der Waals surface area (Å²) in [6.45, 7) is 0. The van der Waals surface area contributed by atoms with Crippen molar-refractivity contribution >= 4 is 11.6 Å². The Labute approximate surface area is 143 Å². The Hall–Kier alpha value is -2.79. The van der Waals surface area contributed by atoms with Gasteiger partial charge in [-0.3, -0.25) is 4.79 Å². The molecular formula is C15H5F10NO. The van der Waals surface area contributed by atoms with Crippen LogP contribution in [0.5, 0.6) is 0 Å². The number of rotatable bonds is 2. The predicted octanol–water partition coefficient (Wildman–Crippen LogP) is 5.53. The molecule has 0 unspecified atom stereocenters. The summed E-state index contributed by atoms with van der Waals surface area (Å²) in [5.74, 6) is -12.8. The van der Waals surface area contributed by atoms with Crippen molar-refractivity contribution in [1.82, 2.24) is 0 Å². The smallest absolute Gasteiger partial charge is 0.317 e. The van der Waals surface area contributed by atoms with Crippen LogP contribution in [0.1, 0.15) is 21.5 Å². The Balaban J connectivity index is 2.56. The highest BCUT2D eigenvalue weighted by Gasteiger charge is 2.43. The molecular weight excluding hydrogens is 400 g/mol. The second kappa shape index (κ2) is 6.74. The second-order valence-corrected chi connectivity index (χ2v) is 5.00. The molecule has 1 amide bonds. The number of alkyl halides is 6. The lowest BCUT2D eigenvalue weighted by Crippen LogP contribution is -2.22. The zero-order valence-electron chi connectivity index (χ0n) is 12.5. The first-order chi connectivity index (χ1) is 12.3. The molecule has 0 spiro atoms. The molecule has 0 atom stereocenters. The van der Waals surface area contributed by atoms with Gasteiger partial charge in [-0.05, 0) is 12.1 Å².